The average molecular weight is 350 g/mol. The third-order valence-electron chi connectivity index (χ3n) is 4.26. The average Bonchev–Trinajstić information content (AvgIpc) is 2.46. The van der Waals surface area contributed by atoms with Crippen molar-refractivity contribution in [1.29, 1.82) is 0 Å². The minimum Gasteiger partial charge on any atom is -0.261 e. The zero-order valence-electron chi connectivity index (χ0n) is 11.4. The van der Waals surface area contributed by atoms with Crippen molar-refractivity contribution < 1.29 is 13.2 Å². The predicted molar refractivity (Wildman–Crippen MR) is 76.9 cm³/mol. The van der Waals surface area contributed by atoms with Crippen LogP contribution in [0.15, 0.2) is 24.4 Å². The van der Waals surface area contributed by atoms with E-state index in [2.05, 4.69) is 20.9 Å². The number of hydrogen-bond acceptors (Lipinski definition) is 1. The molecular formula is C15H19BrF3N. The summed E-state index contributed by atoms with van der Waals surface area (Å²) in [6.45, 7) is 2.03. The van der Waals surface area contributed by atoms with Gasteiger partial charge in [0.2, 0.25) is 0 Å². The molecule has 1 heterocycles. The van der Waals surface area contributed by atoms with Crippen molar-refractivity contribution in [3.05, 3.63) is 30.1 Å². The molecule has 0 bridgehead atoms. The van der Waals surface area contributed by atoms with E-state index in [9.17, 15) is 13.2 Å². The number of rotatable bonds is 3. The molecule has 4 unspecified atom stereocenters. The summed E-state index contributed by atoms with van der Waals surface area (Å²) in [6, 6.07) is 5.70. The second-order valence-corrected chi connectivity index (χ2v) is 6.71. The van der Waals surface area contributed by atoms with Crippen molar-refractivity contribution in [3.63, 3.8) is 0 Å². The van der Waals surface area contributed by atoms with Gasteiger partial charge in [-0.05, 0) is 37.3 Å². The topological polar surface area (TPSA) is 12.9 Å². The maximum absolute atomic E-state index is 12.9. The lowest BCUT2D eigenvalue weighted by atomic mass is 9.76. The molecule has 0 spiro atoms. The highest BCUT2D eigenvalue weighted by Crippen LogP contribution is 2.44. The normalized spacial score (nSPS) is 27.1. The van der Waals surface area contributed by atoms with E-state index < -0.39 is 12.1 Å². The van der Waals surface area contributed by atoms with Crippen molar-refractivity contribution in [2.45, 2.75) is 49.5 Å². The highest BCUT2D eigenvalue weighted by atomic mass is 79.9. The molecule has 1 fully saturated rings. The summed E-state index contributed by atoms with van der Waals surface area (Å²) in [5, 5.41) is 0. The SMILES string of the molecule is CC(c1ccccn1)C(Br)C1CCCC(C(F)(F)F)C1. The maximum Gasteiger partial charge on any atom is 0.391 e. The van der Waals surface area contributed by atoms with Gasteiger partial charge in [-0.3, -0.25) is 4.98 Å². The van der Waals surface area contributed by atoms with Gasteiger partial charge in [0.1, 0.15) is 0 Å². The van der Waals surface area contributed by atoms with E-state index in [4.69, 9.17) is 0 Å². The summed E-state index contributed by atoms with van der Waals surface area (Å²) in [5.41, 5.74) is 0.934. The van der Waals surface area contributed by atoms with E-state index in [-0.39, 0.29) is 29.5 Å². The Kier molecular flexibility index (Phi) is 5.10. The molecular weight excluding hydrogens is 331 g/mol. The molecule has 4 atom stereocenters. The number of hydrogen-bond donors (Lipinski definition) is 0. The van der Waals surface area contributed by atoms with Gasteiger partial charge >= 0.3 is 6.18 Å². The monoisotopic (exact) mass is 349 g/mol. The quantitative estimate of drug-likeness (QED) is 0.673. The molecule has 0 aromatic carbocycles. The number of alkyl halides is 4. The first kappa shape index (κ1) is 15.8. The number of pyridine rings is 1. The fourth-order valence-corrected chi connectivity index (χ4v) is 3.78. The van der Waals surface area contributed by atoms with Gasteiger partial charge in [0, 0.05) is 22.6 Å². The van der Waals surface area contributed by atoms with Crippen LogP contribution in [-0.4, -0.2) is 16.0 Å². The van der Waals surface area contributed by atoms with Gasteiger partial charge in [-0.1, -0.05) is 35.3 Å². The van der Waals surface area contributed by atoms with Crippen LogP contribution in [-0.2, 0) is 0 Å². The Morgan fingerprint density at radius 2 is 2.05 bits per heavy atom. The second-order valence-electron chi connectivity index (χ2n) is 5.65. The van der Waals surface area contributed by atoms with Crippen LogP contribution in [0.5, 0.6) is 0 Å². The van der Waals surface area contributed by atoms with Gasteiger partial charge in [0.15, 0.2) is 0 Å². The highest BCUT2D eigenvalue weighted by molar-refractivity contribution is 9.09. The summed E-state index contributed by atoms with van der Waals surface area (Å²) >= 11 is 3.63. The third-order valence-corrected chi connectivity index (χ3v) is 5.80. The van der Waals surface area contributed by atoms with Crippen LogP contribution in [0.3, 0.4) is 0 Å². The molecule has 1 aliphatic carbocycles. The summed E-state index contributed by atoms with van der Waals surface area (Å²) in [4.78, 5) is 4.35. The number of halogens is 4. The van der Waals surface area contributed by atoms with Gasteiger partial charge in [-0.15, -0.1) is 0 Å². The van der Waals surface area contributed by atoms with Gasteiger partial charge in [-0.2, -0.15) is 13.2 Å². The Morgan fingerprint density at radius 1 is 1.30 bits per heavy atom. The highest BCUT2D eigenvalue weighted by Gasteiger charge is 2.43. The Bertz CT molecular complexity index is 421. The lowest BCUT2D eigenvalue weighted by Gasteiger charge is -2.35. The predicted octanol–water partition coefficient (Wildman–Crippen LogP) is 5.32. The molecule has 1 aromatic rings. The molecule has 112 valence electrons. The smallest absolute Gasteiger partial charge is 0.261 e. The maximum atomic E-state index is 12.9. The summed E-state index contributed by atoms with van der Waals surface area (Å²) in [7, 11) is 0. The summed E-state index contributed by atoms with van der Waals surface area (Å²) in [5.74, 6) is -0.960. The van der Waals surface area contributed by atoms with Gasteiger partial charge in [0.25, 0.3) is 0 Å². The van der Waals surface area contributed by atoms with E-state index in [1.165, 1.54) is 0 Å². The van der Waals surface area contributed by atoms with Crippen LogP contribution in [0, 0.1) is 11.8 Å². The van der Waals surface area contributed by atoms with Gasteiger partial charge < -0.3 is 0 Å². The van der Waals surface area contributed by atoms with Crippen LogP contribution >= 0.6 is 15.9 Å². The van der Waals surface area contributed by atoms with Crippen molar-refractivity contribution in [2.75, 3.05) is 0 Å². The van der Waals surface area contributed by atoms with E-state index >= 15 is 0 Å². The molecule has 1 aliphatic rings. The van der Waals surface area contributed by atoms with Crippen LogP contribution in [0.2, 0.25) is 0 Å². The number of nitrogens with zero attached hydrogens (tertiary/aromatic N) is 1. The van der Waals surface area contributed by atoms with E-state index in [0.29, 0.717) is 6.42 Å². The fraction of sp³-hybridized carbons (Fsp3) is 0.667. The zero-order chi connectivity index (χ0) is 14.8. The van der Waals surface area contributed by atoms with Crippen molar-refractivity contribution in [1.82, 2.24) is 4.98 Å². The standard InChI is InChI=1S/C15H19BrF3N/c1-10(13-7-2-3-8-20-13)14(16)11-5-4-6-12(9-11)15(17,18)19/h2-3,7-8,10-12,14H,4-6,9H2,1H3. The van der Waals surface area contributed by atoms with Crippen LogP contribution < -0.4 is 0 Å². The van der Waals surface area contributed by atoms with Crippen LogP contribution in [0.4, 0.5) is 13.2 Å². The largest absolute Gasteiger partial charge is 0.391 e. The molecule has 0 aliphatic heterocycles. The molecule has 0 amide bonds. The van der Waals surface area contributed by atoms with E-state index in [0.717, 1.165) is 12.1 Å². The Labute approximate surface area is 126 Å². The van der Waals surface area contributed by atoms with Gasteiger partial charge in [0.05, 0.1) is 5.92 Å². The third kappa shape index (κ3) is 3.74. The molecule has 2 rings (SSSR count). The zero-order valence-corrected chi connectivity index (χ0v) is 13.0. The van der Waals surface area contributed by atoms with Crippen molar-refractivity contribution in [2.24, 2.45) is 11.8 Å². The molecule has 20 heavy (non-hydrogen) atoms. The minimum atomic E-state index is -4.06. The first-order valence-corrected chi connectivity index (χ1v) is 7.93. The van der Waals surface area contributed by atoms with Crippen molar-refractivity contribution >= 4 is 15.9 Å². The fourth-order valence-electron chi connectivity index (χ4n) is 3.03. The molecule has 1 nitrogen and oxygen atoms in total. The molecule has 0 saturated heterocycles. The lowest BCUT2D eigenvalue weighted by Crippen LogP contribution is -2.33. The van der Waals surface area contributed by atoms with Crippen LogP contribution in [0.25, 0.3) is 0 Å². The second kappa shape index (κ2) is 6.46. The van der Waals surface area contributed by atoms with E-state index in [1.807, 2.05) is 25.1 Å². The Morgan fingerprint density at radius 3 is 2.65 bits per heavy atom. The van der Waals surface area contributed by atoms with E-state index in [1.54, 1.807) is 6.20 Å². The Hall–Kier alpha value is -0.580. The first-order valence-electron chi connectivity index (χ1n) is 7.01. The first-order chi connectivity index (χ1) is 9.39. The van der Waals surface area contributed by atoms with Crippen molar-refractivity contribution in [3.8, 4) is 0 Å². The van der Waals surface area contributed by atoms with Crippen LogP contribution in [0.1, 0.15) is 44.2 Å². The Balaban J connectivity index is 2.03. The van der Waals surface area contributed by atoms with Gasteiger partial charge in [-0.25, -0.2) is 0 Å². The minimum absolute atomic E-state index is 0.0440. The molecule has 5 heteroatoms. The molecule has 0 N–H and O–H groups in total. The molecule has 1 saturated carbocycles. The molecule has 1 aromatic heterocycles. The number of aromatic nitrogens is 1. The summed E-state index contributed by atoms with van der Waals surface area (Å²) in [6.07, 6.45) is -0.301. The lowest BCUT2D eigenvalue weighted by molar-refractivity contribution is -0.185. The molecule has 0 radical (unpaired) electrons. The summed E-state index contributed by atoms with van der Waals surface area (Å²) < 4.78 is 38.6.